The third kappa shape index (κ3) is 2.72. The van der Waals surface area contributed by atoms with E-state index in [1.165, 1.54) is 0 Å². The second-order valence-electron chi connectivity index (χ2n) is 4.65. The Labute approximate surface area is 114 Å². The van der Waals surface area contributed by atoms with E-state index in [4.69, 9.17) is 0 Å². The van der Waals surface area contributed by atoms with Crippen LogP contribution < -0.4 is 5.56 Å². The van der Waals surface area contributed by atoms with E-state index in [1.807, 2.05) is 30.1 Å². The topological polar surface area (TPSA) is 39.8 Å². The third-order valence-electron chi connectivity index (χ3n) is 2.79. The number of nitrogens with zero attached hydrogens (tertiary/aromatic N) is 3. The molecule has 0 aliphatic carbocycles. The Balaban J connectivity index is 2.28. The van der Waals surface area contributed by atoms with Crippen LogP contribution in [0.4, 0.5) is 0 Å². The van der Waals surface area contributed by atoms with Gasteiger partial charge in [0.05, 0.1) is 12.2 Å². The molecule has 0 aliphatic rings. The lowest BCUT2D eigenvalue weighted by atomic mass is 10.3. The summed E-state index contributed by atoms with van der Waals surface area (Å²) in [7, 11) is 0. The molecule has 2 aromatic rings. The van der Waals surface area contributed by atoms with Crippen molar-refractivity contribution in [1.82, 2.24) is 14.3 Å². The minimum atomic E-state index is -0.00482. The Hall–Kier alpha value is -1.36. The highest BCUT2D eigenvalue weighted by atomic mass is 79.9. The summed E-state index contributed by atoms with van der Waals surface area (Å²) in [6.07, 6.45) is 3.75. The normalized spacial score (nSPS) is 11.2. The van der Waals surface area contributed by atoms with Crippen molar-refractivity contribution in [3.63, 3.8) is 0 Å². The molecule has 2 heterocycles. The summed E-state index contributed by atoms with van der Waals surface area (Å²) in [6, 6.07) is 3.91. The number of rotatable bonds is 3. The predicted octanol–water partition coefficient (Wildman–Crippen LogP) is 2.74. The fourth-order valence-electron chi connectivity index (χ4n) is 1.69. The Morgan fingerprint density at radius 1 is 1.44 bits per heavy atom. The molecule has 0 fully saturated rings. The predicted molar refractivity (Wildman–Crippen MR) is 74.9 cm³/mol. The summed E-state index contributed by atoms with van der Waals surface area (Å²) in [6.45, 7) is 6.55. The lowest BCUT2D eigenvalue weighted by molar-refractivity contribution is 0.523. The van der Waals surface area contributed by atoms with Gasteiger partial charge >= 0.3 is 0 Å². The lowest BCUT2D eigenvalue weighted by Crippen LogP contribution is -2.20. The van der Waals surface area contributed by atoms with Crippen molar-refractivity contribution in [3.8, 4) is 0 Å². The van der Waals surface area contributed by atoms with E-state index >= 15 is 0 Å². The van der Waals surface area contributed by atoms with E-state index in [9.17, 15) is 4.79 Å². The average molecular weight is 310 g/mol. The first-order chi connectivity index (χ1) is 8.47. The molecule has 96 valence electrons. The van der Waals surface area contributed by atoms with Gasteiger partial charge in [-0.3, -0.25) is 9.48 Å². The van der Waals surface area contributed by atoms with E-state index in [-0.39, 0.29) is 5.56 Å². The Bertz CT molecular complexity index is 613. The quantitative estimate of drug-likeness (QED) is 0.874. The number of aromatic nitrogens is 3. The van der Waals surface area contributed by atoms with Crippen molar-refractivity contribution in [1.29, 1.82) is 0 Å². The van der Waals surface area contributed by atoms with Crippen molar-refractivity contribution in [3.05, 3.63) is 50.6 Å². The molecule has 18 heavy (non-hydrogen) atoms. The highest BCUT2D eigenvalue weighted by molar-refractivity contribution is 9.10. The molecule has 0 saturated carbocycles. The van der Waals surface area contributed by atoms with Crippen LogP contribution in [0.15, 0.2) is 33.8 Å². The second kappa shape index (κ2) is 5.10. The molecular formula is C13H16BrN3O. The molecule has 0 saturated heterocycles. The van der Waals surface area contributed by atoms with Crippen LogP contribution in [-0.4, -0.2) is 14.3 Å². The molecule has 0 aromatic carbocycles. The molecule has 0 unspecified atom stereocenters. The zero-order valence-electron chi connectivity index (χ0n) is 10.7. The molecule has 0 aliphatic heterocycles. The van der Waals surface area contributed by atoms with Crippen molar-refractivity contribution < 1.29 is 0 Å². The third-order valence-corrected chi connectivity index (χ3v) is 3.62. The first-order valence-corrected chi connectivity index (χ1v) is 6.67. The van der Waals surface area contributed by atoms with Crippen LogP contribution >= 0.6 is 15.9 Å². The maximum Gasteiger partial charge on any atom is 0.251 e. The lowest BCUT2D eigenvalue weighted by Gasteiger charge is -2.07. The molecule has 0 radical (unpaired) electrons. The van der Waals surface area contributed by atoms with Crippen molar-refractivity contribution >= 4 is 15.9 Å². The zero-order chi connectivity index (χ0) is 13.3. The van der Waals surface area contributed by atoms with Gasteiger partial charge in [0.25, 0.3) is 5.56 Å². The molecule has 4 nitrogen and oxygen atoms in total. The van der Waals surface area contributed by atoms with E-state index in [0.717, 1.165) is 15.7 Å². The summed E-state index contributed by atoms with van der Waals surface area (Å²) < 4.78 is 4.48. The van der Waals surface area contributed by atoms with Crippen LogP contribution in [0.1, 0.15) is 31.1 Å². The van der Waals surface area contributed by atoms with Gasteiger partial charge in [-0.25, -0.2) is 0 Å². The zero-order valence-corrected chi connectivity index (χ0v) is 12.3. The fraction of sp³-hybridized carbons (Fsp3) is 0.385. The highest BCUT2D eigenvalue weighted by Gasteiger charge is 2.05. The molecule has 0 bridgehead atoms. The first kappa shape index (κ1) is 13.1. The second-order valence-corrected chi connectivity index (χ2v) is 5.51. The van der Waals surface area contributed by atoms with Gasteiger partial charge < -0.3 is 4.57 Å². The molecule has 0 atom stereocenters. The number of halogens is 1. The molecule has 5 heteroatoms. The maximum absolute atomic E-state index is 11.8. The standard InChI is InChI=1S/C13H16BrN3O/c1-9(2)17-5-4-11(15-17)7-16-8-12(14)10(3)6-13(16)18/h4-6,8-9H,7H2,1-3H3. The number of pyridine rings is 1. The maximum atomic E-state index is 11.8. The molecule has 2 aromatic heterocycles. The number of aryl methyl sites for hydroxylation is 1. The van der Waals surface area contributed by atoms with Gasteiger partial charge in [-0.15, -0.1) is 0 Å². The highest BCUT2D eigenvalue weighted by Crippen LogP contribution is 2.13. The van der Waals surface area contributed by atoms with Crippen LogP contribution in [0.3, 0.4) is 0 Å². The van der Waals surface area contributed by atoms with E-state index in [1.54, 1.807) is 10.6 Å². The van der Waals surface area contributed by atoms with Gasteiger partial charge in [-0.2, -0.15) is 5.10 Å². The number of hydrogen-bond donors (Lipinski definition) is 0. The fourth-order valence-corrected chi connectivity index (χ4v) is 2.05. The summed E-state index contributed by atoms with van der Waals surface area (Å²) in [5.41, 5.74) is 1.83. The van der Waals surface area contributed by atoms with Crippen molar-refractivity contribution in [2.45, 2.75) is 33.4 Å². The molecular weight excluding hydrogens is 294 g/mol. The largest absolute Gasteiger partial charge is 0.308 e. The Morgan fingerprint density at radius 2 is 2.17 bits per heavy atom. The average Bonchev–Trinajstić information content (AvgIpc) is 2.74. The van der Waals surface area contributed by atoms with Crippen LogP contribution in [0.2, 0.25) is 0 Å². The van der Waals surface area contributed by atoms with Gasteiger partial charge in [0, 0.05) is 29.0 Å². The summed E-state index contributed by atoms with van der Waals surface area (Å²) in [5.74, 6) is 0. The van der Waals surface area contributed by atoms with Crippen LogP contribution in [-0.2, 0) is 6.54 Å². The minimum Gasteiger partial charge on any atom is -0.308 e. The molecule has 0 spiro atoms. The van der Waals surface area contributed by atoms with Gasteiger partial charge in [0.2, 0.25) is 0 Å². The summed E-state index contributed by atoms with van der Waals surface area (Å²) >= 11 is 3.44. The van der Waals surface area contributed by atoms with Gasteiger partial charge in [-0.1, -0.05) is 0 Å². The van der Waals surface area contributed by atoms with Crippen LogP contribution in [0, 0.1) is 6.92 Å². The number of hydrogen-bond acceptors (Lipinski definition) is 2. The first-order valence-electron chi connectivity index (χ1n) is 5.88. The SMILES string of the molecule is Cc1cc(=O)n(Cc2ccn(C(C)C)n2)cc1Br. The Kier molecular flexibility index (Phi) is 3.71. The van der Waals surface area contributed by atoms with Crippen molar-refractivity contribution in [2.24, 2.45) is 0 Å². The van der Waals surface area contributed by atoms with E-state index < -0.39 is 0 Å². The van der Waals surface area contributed by atoms with Crippen LogP contribution in [0.25, 0.3) is 0 Å². The van der Waals surface area contributed by atoms with Crippen LogP contribution in [0.5, 0.6) is 0 Å². The van der Waals surface area contributed by atoms with Gasteiger partial charge in [0.15, 0.2) is 0 Å². The Morgan fingerprint density at radius 3 is 2.78 bits per heavy atom. The van der Waals surface area contributed by atoms with Gasteiger partial charge in [-0.05, 0) is 48.3 Å². The van der Waals surface area contributed by atoms with E-state index in [2.05, 4.69) is 34.9 Å². The molecule has 0 amide bonds. The van der Waals surface area contributed by atoms with Gasteiger partial charge in [0.1, 0.15) is 0 Å². The van der Waals surface area contributed by atoms with Crippen molar-refractivity contribution in [2.75, 3.05) is 0 Å². The smallest absolute Gasteiger partial charge is 0.251 e. The van der Waals surface area contributed by atoms with E-state index in [0.29, 0.717) is 12.6 Å². The molecule has 0 N–H and O–H groups in total. The summed E-state index contributed by atoms with van der Waals surface area (Å²) in [5, 5.41) is 4.44. The summed E-state index contributed by atoms with van der Waals surface area (Å²) in [4.78, 5) is 11.8. The minimum absolute atomic E-state index is 0.00482. The monoisotopic (exact) mass is 309 g/mol. The molecule has 2 rings (SSSR count).